The fourth-order valence-corrected chi connectivity index (χ4v) is 2.72. The fourth-order valence-electron chi connectivity index (χ4n) is 2.72. The first-order valence-corrected chi connectivity index (χ1v) is 7.57. The van der Waals surface area contributed by atoms with Crippen molar-refractivity contribution in [1.82, 2.24) is 0 Å². The first-order chi connectivity index (χ1) is 9.65. The van der Waals surface area contributed by atoms with Crippen LogP contribution in [-0.4, -0.2) is 0 Å². The Balaban J connectivity index is 2.28. The Hall–Kier alpha value is -1.60. The maximum atomic E-state index is 6.50. The molecule has 1 nitrogen and oxygen atoms in total. The minimum atomic E-state index is 0.0811. The van der Waals surface area contributed by atoms with Gasteiger partial charge in [0.15, 0.2) is 0 Å². The SMILES string of the molecule is CCc1ccc(CC)c(C(N)Cc2ccccc2C)c1. The van der Waals surface area contributed by atoms with Crippen molar-refractivity contribution in [1.29, 1.82) is 0 Å². The number of hydrogen-bond acceptors (Lipinski definition) is 1. The number of aryl methyl sites for hydroxylation is 3. The van der Waals surface area contributed by atoms with E-state index in [0.29, 0.717) is 0 Å². The summed E-state index contributed by atoms with van der Waals surface area (Å²) in [7, 11) is 0. The molecular formula is C19H25N. The van der Waals surface area contributed by atoms with Gasteiger partial charge in [-0.1, -0.05) is 56.3 Å². The summed E-state index contributed by atoms with van der Waals surface area (Å²) in [5.41, 5.74) is 13.2. The molecule has 0 fully saturated rings. The van der Waals surface area contributed by atoms with Crippen LogP contribution in [-0.2, 0) is 19.3 Å². The molecule has 0 spiro atoms. The van der Waals surface area contributed by atoms with Gasteiger partial charge in [-0.05, 0) is 54.0 Å². The molecule has 0 amide bonds. The van der Waals surface area contributed by atoms with E-state index in [4.69, 9.17) is 5.73 Å². The highest BCUT2D eigenvalue weighted by Crippen LogP contribution is 2.23. The molecule has 1 heteroatoms. The van der Waals surface area contributed by atoms with E-state index < -0.39 is 0 Å². The molecule has 0 aliphatic heterocycles. The summed E-state index contributed by atoms with van der Waals surface area (Å²) in [4.78, 5) is 0. The third-order valence-electron chi connectivity index (χ3n) is 4.10. The summed E-state index contributed by atoms with van der Waals surface area (Å²) in [6.45, 7) is 6.55. The first-order valence-electron chi connectivity index (χ1n) is 7.57. The number of nitrogens with two attached hydrogens (primary N) is 1. The molecule has 1 unspecified atom stereocenters. The Morgan fingerprint density at radius 2 is 1.70 bits per heavy atom. The molecule has 0 heterocycles. The standard InChI is InChI=1S/C19H25N/c1-4-15-10-11-16(5-2)18(12-15)19(20)13-17-9-7-6-8-14(17)3/h6-12,19H,4-5,13,20H2,1-3H3. The van der Waals surface area contributed by atoms with E-state index >= 15 is 0 Å². The summed E-state index contributed by atoms with van der Waals surface area (Å²) in [6.07, 6.45) is 3.02. The molecular weight excluding hydrogens is 242 g/mol. The Labute approximate surface area is 122 Å². The van der Waals surface area contributed by atoms with E-state index in [-0.39, 0.29) is 6.04 Å². The monoisotopic (exact) mass is 267 g/mol. The lowest BCUT2D eigenvalue weighted by atomic mass is 9.91. The van der Waals surface area contributed by atoms with Gasteiger partial charge < -0.3 is 5.73 Å². The zero-order chi connectivity index (χ0) is 14.5. The quantitative estimate of drug-likeness (QED) is 0.855. The van der Waals surface area contributed by atoms with E-state index in [1.165, 1.54) is 27.8 Å². The van der Waals surface area contributed by atoms with Crippen LogP contribution in [0.4, 0.5) is 0 Å². The normalized spacial score (nSPS) is 12.4. The molecule has 0 bridgehead atoms. The number of benzene rings is 2. The molecule has 0 aliphatic rings. The van der Waals surface area contributed by atoms with Gasteiger partial charge >= 0.3 is 0 Å². The van der Waals surface area contributed by atoms with Gasteiger partial charge in [-0.2, -0.15) is 0 Å². The van der Waals surface area contributed by atoms with E-state index in [9.17, 15) is 0 Å². The van der Waals surface area contributed by atoms with Crippen LogP contribution in [0.2, 0.25) is 0 Å². The molecule has 20 heavy (non-hydrogen) atoms. The van der Waals surface area contributed by atoms with Crippen LogP contribution in [0.1, 0.15) is 47.7 Å². The molecule has 0 aromatic heterocycles. The average Bonchev–Trinajstić information content (AvgIpc) is 2.48. The molecule has 2 N–H and O–H groups in total. The second-order valence-electron chi connectivity index (χ2n) is 5.48. The maximum absolute atomic E-state index is 6.50. The Bertz CT molecular complexity index is 572. The summed E-state index contributed by atoms with van der Waals surface area (Å²) in [6, 6.07) is 15.4. The largest absolute Gasteiger partial charge is 0.324 e. The van der Waals surface area contributed by atoms with Crippen LogP contribution >= 0.6 is 0 Å². The highest BCUT2D eigenvalue weighted by Gasteiger charge is 2.12. The first kappa shape index (κ1) is 14.8. The van der Waals surface area contributed by atoms with Gasteiger partial charge in [0.1, 0.15) is 0 Å². The van der Waals surface area contributed by atoms with Gasteiger partial charge in [0, 0.05) is 6.04 Å². The third-order valence-corrected chi connectivity index (χ3v) is 4.10. The Morgan fingerprint density at radius 1 is 0.950 bits per heavy atom. The zero-order valence-corrected chi connectivity index (χ0v) is 12.8. The minimum Gasteiger partial charge on any atom is -0.324 e. The second kappa shape index (κ2) is 6.71. The summed E-state index contributed by atoms with van der Waals surface area (Å²) in [5.74, 6) is 0. The molecule has 0 saturated carbocycles. The molecule has 106 valence electrons. The maximum Gasteiger partial charge on any atom is 0.0338 e. The lowest BCUT2D eigenvalue weighted by molar-refractivity contribution is 0.707. The topological polar surface area (TPSA) is 26.0 Å². The van der Waals surface area contributed by atoms with Crippen LogP contribution in [0.3, 0.4) is 0 Å². The van der Waals surface area contributed by atoms with Crippen molar-refractivity contribution in [3.05, 3.63) is 70.3 Å². The van der Waals surface area contributed by atoms with Crippen molar-refractivity contribution >= 4 is 0 Å². The molecule has 0 aliphatic carbocycles. The van der Waals surface area contributed by atoms with Crippen molar-refractivity contribution in [2.75, 3.05) is 0 Å². The van der Waals surface area contributed by atoms with Gasteiger partial charge in [0.2, 0.25) is 0 Å². The predicted octanol–water partition coefficient (Wildman–Crippen LogP) is 4.36. The van der Waals surface area contributed by atoms with Gasteiger partial charge in [-0.3, -0.25) is 0 Å². The molecule has 0 radical (unpaired) electrons. The van der Waals surface area contributed by atoms with E-state index in [2.05, 4.69) is 63.2 Å². The molecule has 2 aromatic rings. The molecule has 2 aromatic carbocycles. The van der Waals surface area contributed by atoms with Crippen molar-refractivity contribution in [3.63, 3.8) is 0 Å². The fraction of sp³-hybridized carbons (Fsp3) is 0.368. The number of hydrogen-bond donors (Lipinski definition) is 1. The van der Waals surface area contributed by atoms with Gasteiger partial charge in [0.25, 0.3) is 0 Å². The smallest absolute Gasteiger partial charge is 0.0338 e. The summed E-state index contributed by atoms with van der Waals surface area (Å²) in [5, 5.41) is 0. The molecule has 2 rings (SSSR count). The average molecular weight is 267 g/mol. The van der Waals surface area contributed by atoms with Gasteiger partial charge in [0.05, 0.1) is 0 Å². The van der Waals surface area contributed by atoms with E-state index in [0.717, 1.165) is 19.3 Å². The van der Waals surface area contributed by atoms with E-state index in [1.807, 2.05) is 0 Å². The van der Waals surface area contributed by atoms with Crippen molar-refractivity contribution in [3.8, 4) is 0 Å². The Morgan fingerprint density at radius 3 is 2.35 bits per heavy atom. The lowest BCUT2D eigenvalue weighted by Gasteiger charge is -2.18. The van der Waals surface area contributed by atoms with Gasteiger partial charge in [-0.15, -0.1) is 0 Å². The van der Waals surface area contributed by atoms with Crippen molar-refractivity contribution < 1.29 is 0 Å². The van der Waals surface area contributed by atoms with Crippen LogP contribution in [0.15, 0.2) is 42.5 Å². The summed E-state index contributed by atoms with van der Waals surface area (Å²) >= 11 is 0. The van der Waals surface area contributed by atoms with Crippen LogP contribution < -0.4 is 5.73 Å². The van der Waals surface area contributed by atoms with Crippen LogP contribution in [0.25, 0.3) is 0 Å². The third kappa shape index (κ3) is 3.29. The van der Waals surface area contributed by atoms with Crippen molar-refractivity contribution in [2.24, 2.45) is 5.73 Å². The molecule has 1 atom stereocenters. The number of rotatable bonds is 5. The Kier molecular flexibility index (Phi) is 4.97. The van der Waals surface area contributed by atoms with E-state index in [1.54, 1.807) is 0 Å². The molecule has 0 saturated heterocycles. The highest BCUT2D eigenvalue weighted by atomic mass is 14.6. The predicted molar refractivity (Wildman–Crippen MR) is 87.0 cm³/mol. The summed E-state index contributed by atoms with van der Waals surface area (Å²) < 4.78 is 0. The van der Waals surface area contributed by atoms with Crippen LogP contribution in [0, 0.1) is 6.92 Å². The highest BCUT2D eigenvalue weighted by molar-refractivity contribution is 5.36. The van der Waals surface area contributed by atoms with Crippen LogP contribution in [0.5, 0.6) is 0 Å². The zero-order valence-electron chi connectivity index (χ0n) is 12.8. The minimum absolute atomic E-state index is 0.0811. The lowest BCUT2D eigenvalue weighted by Crippen LogP contribution is -2.16. The van der Waals surface area contributed by atoms with Crippen molar-refractivity contribution in [2.45, 2.75) is 46.1 Å². The van der Waals surface area contributed by atoms with Gasteiger partial charge in [-0.25, -0.2) is 0 Å². The second-order valence-corrected chi connectivity index (χ2v) is 5.48.